The number of isocyanates is 1. The highest BCUT2D eigenvalue weighted by molar-refractivity contribution is 9.10. The van der Waals surface area contributed by atoms with E-state index in [1.807, 2.05) is 13.0 Å². The van der Waals surface area contributed by atoms with Crippen molar-refractivity contribution in [3.63, 3.8) is 0 Å². The van der Waals surface area contributed by atoms with Crippen molar-refractivity contribution >= 4 is 22.0 Å². The number of fused-ring (bicyclic) bond motifs is 1. The molecule has 18 heavy (non-hydrogen) atoms. The van der Waals surface area contributed by atoms with E-state index >= 15 is 0 Å². The van der Waals surface area contributed by atoms with Gasteiger partial charge in [0.05, 0.1) is 5.54 Å². The summed E-state index contributed by atoms with van der Waals surface area (Å²) in [4.78, 5) is 14.7. The molecule has 3 rings (SSSR count). The molecule has 0 aromatic heterocycles. The van der Waals surface area contributed by atoms with Crippen LogP contribution >= 0.6 is 15.9 Å². The van der Waals surface area contributed by atoms with Gasteiger partial charge in [0.15, 0.2) is 11.5 Å². The molecule has 0 amide bonds. The van der Waals surface area contributed by atoms with E-state index in [1.54, 1.807) is 6.08 Å². The summed E-state index contributed by atoms with van der Waals surface area (Å²) in [5.41, 5.74) is 1.57. The maximum atomic E-state index is 10.7. The Morgan fingerprint density at radius 2 is 2.22 bits per heavy atom. The number of halogens is 1. The summed E-state index contributed by atoms with van der Waals surface area (Å²) in [6.45, 7) is 2.22. The molecular formula is C13H12BrNO3. The molecule has 0 spiro atoms. The van der Waals surface area contributed by atoms with Crippen molar-refractivity contribution in [3.8, 4) is 11.5 Å². The van der Waals surface area contributed by atoms with Crippen LogP contribution in [0.4, 0.5) is 0 Å². The summed E-state index contributed by atoms with van der Waals surface area (Å²) < 4.78 is 11.8. The Kier molecular flexibility index (Phi) is 2.68. The normalized spacial score (nSPS) is 19.0. The van der Waals surface area contributed by atoms with Crippen LogP contribution in [0.2, 0.25) is 0 Å². The van der Waals surface area contributed by atoms with E-state index in [0.29, 0.717) is 0 Å². The van der Waals surface area contributed by atoms with Gasteiger partial charge in [0.2, 0.25) is 12.9 Å². The maximum absolute atomic E-state index is 10.7. The zero-order valence-corrected chi connectivity index (χ0v) is 11.5. The molecule has 0 atom stereocenters. The number of carbonyl (C=O) groups excluding carboxylic acids is 1. The second kappa shape index (κ2) is 4.11. The molecule has 1 aliphatic heterocycles. The third kappa shape index (κ3) is 1.51. The molecule has 0 N–H and O–H groups in total. The second-order valence-electron chi connectivity index (χ2n) is 4.69. The van der Waals surface area contributed by atoms with E-state index < -0.39 is 5.54 Å². The number of aliphatic imine (C=N–C) groups is 1. The number of hydrogen-bond donors (Lipinski definition) is 0. The molecule has 0 radical (unpaired) electrons. The van der Waals surface area contributed by atoms with Gasteiger partial charge in [0.1, 0.15) is 0 Å². The standard InChI is InChI=1S/C13H12BrNO3/c1-8-11(14)9(5-10-12(8)18-7-17-10)13(15-6-16)3-2-4-13/h5H,2-4,7H2,1H3. The lowest BCUT2D eigenvalue weighted by Crippen LogP contribution is -2.32. The molecule has 1 saturated carbocycles. The molecule has 1 fully saturated rings. The van der Waals surface area contributed by atoms with E-state index in [4.69, 9.17) is 9.47 Å². The van der Waals surface area contributed by atoms with Crippen molar-refractivity contribution in [1.82, 2.24) is 0 Å². The summed E-state index contributed by atoms with van der Waals surface area (Å²) in [6.07, 6.45) is 4.53. The molecule has 1 aliphatic carbocycles. The molecule has 0 saturated heterocycles. The number of nitrogens with zero attached hydrogens (tertiary/aromatic N) is 1. The highest BCUT2D eigenvalue weighted by Crippen LogP contribution is 2.52. The predicted molar refractivity (Wildman–Crippen MR) is 68.7 cm³/mol. The number of ether oxygens (including phenoxy) is 2. The number of rotatable bonds is 2. The van der Waals surface area contributed by atoms with E-state index in [9.17, 15) is 4.79 Å². The van der Waals surface area contributed by atoms with Gasteiger partial charge in [-0.2, -0.15) is 4.99 Å². The highest BCUT2D eigenvalue weighted by Gasteiger charge is 2.42. The lowest BCUT2D eigenvalue weighted by Gasteiger charge is -2.38. The fourth-order valence-corrected chi connectivity index (χ4v) is 3.23. The first-order chi connectivity index (χ1) is 8.68. The molecule has 1 aromatic carbocycles. The van der Waals surface area contributed by atoms with Gasteiger partial charge in [-0.3, -0.25) is 0 Å². The fourth-order valence-electron chi connectivity index (χ4n) is 2.56. The lowest BCUT2D eigenvalue weighted by molar-refractivity contribution is 0.173. The number of benzene rings is 1. The molecule has 1 heterocycles. The van der Waals surface area contributed by atoms with Gasteiger partial charge in [-0.25, -0.2) is 4.79 Å². The molecule has 5 heteroatoms. The Bertz CT molecular complexity index is 560. The first-order valence-electron chi connectivity index (χ1n) is 5.86. The van der Waals surface area contributed by atoms with E-state index in [-0.39, 0.29) is 6.79 Å². The van der Waals surface area contributed by atoms with Crippen LogP contribution in [-0.2, 0) is 10.3 Å². The third-order valence-electron chi connectivity index (χ3n) is 3.76. The first kappa shape index (κ1) is 11.8. The summed E-state index contributed by atoms with van der Waals surface area (Å²) in [7, 11) is 0. The predicted octanol–water partition coefficient (Wildman–Crippen LogP) is 3.20. The van der Waals surface area contributed by atoms with Crippen LogP contribution in [0.1, 0.15) is 30.4 Å². The SMILES string of the molecule is Cc1c(Br)c(C2(N=C=O)CCC2)cc2c1OCO2. The van der Waals surface area contributed by atoms with E-state index in [0.717, 1.165) is 46.4 Å². The van der Waals surface area contributed by atoms with E-state index in [2.05, 4.69) is 20.9 Å². The number of hydrogen-bond acceptors (Lipinski definition) is 4. The van der Waals surface area contributed by atoms with Gasteiger partial charge in [0.25, 0.3) is 0 Å². The van der Waals surface area contributed by atoms with Crippen molar-refractivity contribution in [1.29, 1.82) is 0 Å². The quantitative estimate of drug-likeness (QED) is 0.622. The molecule has 0 unspecified atom stereocenters. The van der Waals surface area contributed by atoms with Crippen LogP contribution in [-0.4, -0.2) is 12.9 Å². The highest BCUT2D eigenvalue weighted by atomic mass is 79.9. The summed E-state index contributed by atoms with van der Waals surface area (Å²) >= 11 is 3.59. The molecule has 4 nitrogen and oxygen atoms in total. The zero-order valence-electron chi connectivity index (χ0n) is 9.96. The van der Waals surface area contributed by atoms with Gasteiger partial charge in [-0.1, -0.05) is 15.9 Å². The van der Waals surface area contributed by atoms with Crippen LogP contribution in [0.3, 0.4) is 0 Å². The minimum Gasteiger partial charge on any atom is -0.454 e. The van der Waals surface area contributed by atoms with Gasteiger partial charge in [-0.15, -0.1) is 0 Å². The average Bonchev–Trinajstić information content (AvgIpc) is 2.77. The monoisotopic (exact) mass is 309 g/mol. The Morgan fingerprint density at radius 1 is 1.44 bits per heavy atom. The van der Waals surface area contributed by atoms with Crippen LogP contribution in [0, 0.1) is 6.92 Å². The zero-order chi connectivity index (χ0) is 12.8. The Hall–Kier alpha value is -1.32. The Morgan fingerprint density at radius 3 is 2.83 bits per heavy atom. The minimum atomic E-state index is -0.424. The molecular weight excluding hydrogens is 298 g/mol. The molecule has 2 aliphatic rings. The first-order valence-corrected chi connectivity index (χ1v) is 6.65. The maximum Gasteiger partial charge on any atom is 0.235 e. The third-order valence-corrected chi connectivity index (χ3v) is 4.79. The molecule has 0 bridgehead atoms. The van der Waals surface area contributed by atoms with Gasteiger partial charge in [-0.05, 0) is 37.8 Å². The van der Waals surface area contributed by atoms with Crippen LogP contribution < -0.4 is 9.47 Å². The van der Waals surface area contributed by atoms with Crippen molar-refractivity contribution in [3.05, 3.63) is 21.7 Å². The summed E-state index contributed by atoms with van der Waals surface area (Å²) in [5, 5.41) is 0. The fraction of sp³-hybridized carbons (Fsp3) is 0.462. The summed E-state index contributed by atoms with van der Waals surface area (Å²) in [6, 6.07) is 1.93. The van der Waals surface area contributed by atoms with Crippen LogP contribution in [0.5, 0.6) is 11.5 Å². The largest absolute Gasteiger partial charge is 0.454 e. The van der Waals surface area contributed by atoms with Gasteiger partial charge in [0, 0.05) is 10.0 Å². The Balaban J connectivity index is 2.18. The Labute approximate surface area is 113 Å². The van der Waals surface area contributed by atoms with Crippen molar-refractivity contribution in [2.45, 2.75) is 31.7 Å². The van der Waals surface area contributed by atoms with Crippen molar-refractivity contribution < 1.29 is 14.3 Å². The van der Waals surface area contributed by atoms with E-state index in [1.165, 1.54) is 0 Å². The van der Waals surface area contributed by atoms with Crippen molar-refractivity contribution in [2.75, 3.05) is 6.79 Å². The average molecular weight is 310 g/mol. The van der Waals surface area contributed by atoms with Gasteiger partial charge >= 0.3 is 0 Å². The van der Waals surface area contributed by atoms with Crippen LogP contribution in [0.25, 0.3) is 0 Å². The smallest absolute Gasteiger partial charge is 0.235 e. The summed E-state index contributed by atoms with van der Waals surface area (Å²) in [5.74, 6) is 1.51. The molecule has 94 valence electrons. The lowest BCUT2D eigenvalue weighted by atomic mass is 9.72. The second-order valence-corrected chi connectivity index (χ2v) is 5.48. The van der Waals surface area contributed by atoms with Gasteiger partial charge < -0.3 is 9.47 Å². The van der Waals surface area contributed by atoms with Crippen molar-refractivity contribution in [2.24, 2.45) is 4.99 Å². The van der Waals surface area contributed by atoms with Crippen LogP contribution in [0.15, 0.2) is 15.5 Å². The topological polar surface area (TPSA) is 47.9 Å². The molecule has 1 aromatic rings. The minimum absolute atomic E-state index is 0.246.